The van der Waals surface area contributed by atoms with E-state index in [1.54, 1.807) is 7.11 Å². The fourth-order valence-corrected chi connectivity index (χ4v) is 2.78. The SMILES string of the molecule is COCc1ccccc1-n1c(CCl)nc2ccc(C)cc21. The standard InChI is InChI=1S/C17H17ClN2O/c1-12-7-8-14-16(9-12)20(17(10-18)19-14)15-6-4-3-5-13(15)11-21-2/h3-9H,10-11H2,1-2H3. The average molecular weight is 301 g/mol. The van der Waals surface area contributed by atoms with E-state index < -0.39 is 0 Å². The van der Waals surface area contributed by atoms with E-state index in [2.05, 4.69) is 40.7 Å². The van der Waals surface area contributed by atoms with Gasteiger partial charge in [0.1, 0.15) is 5.82 Å². The van der Waals surface area contributed by atoms with Crippen molar-refractivity contribution in [3.05, 3.63) is 59.4 Å². The minimum absolute atomic E-state index is 0.370. The second kappa shape index (κ2) is 5.88. The first-order valence-electron chi connectivity index (χ1n) is 6.85. The largest absolute Gasteiger partial charge is 0.380 e. The van der Waals surface area contributed by atoms with Gasteiger partial charge in [-0.2, -0.15) is 0 Å². The van der Waals surface area contributed by atoms with Crippen molar-refractivity contribution in [2.24, 2.45) is 0 Å². The quantitative estimate of drug-likeness (QED) is 0.675. The third kappa shape index (κ3) is 2.55. The van der Waals surface area contributed by atoms with Crippen LogP contribution in [0.4, 0.5) is 0 Å². The van der Waals surface area contributed by atoms with Gasteiger partial charge in [0.2, 0.25) is 0 Å². The molecule has 3 nitrogen and oxygen atoms in total. The minimum atomic E-state index is 0.370. The number of hydrogen-bond acceptors (Lipinski definition) is 2. The number of aryl methyl sites for hydroxylation is 1. The van der Waals surface area contributed by atoms with Gasteiger partial charge in [0.05, 0.1) is 29.2 Å². The molecule has 0 spiro atoms. The van der Waals surface area contributed by atoms with Crippen LogP contribution >= 0.6 is 11.6 Å². The van der Waals surface area contributed by atoms with Crippen LogP contribution < -0.4 is 0 Å². The van der Waals surface area contributed by atoms with Crippen LogP contribution in [0.5, 0.6) is 0 Å². The first kappa shape index (κ1) is 14.1. The molecule has 2 aromatic carbocycles. The molecule has 0 unspecified atom stereocenters. The number of fused-ring (bicyclic) bond motifs is 1. The predicted molar refractivity (Wildman–Crippen MR) is 86.1 cm³/mol. The van der Waals surface area contributed by atoms with Crippen LogP contribution in [-0.2, 0) is 17.2 Å². The Bertz CT molecular complexity index is 780. The Hall–Kier alpha value is -1.84. The molecule has 0 aliphatic carbocycles. The lowest BCUT2D eigenvalue weighted by Crippen LogP contribution is -2.04. The van der Waals surface area contributed by atoms with Gasteiger partial charge in [-0.1, -0.05) is 24.3 Å². The van der Waals surface area contributed by atoms with Gasteiger partial charge in [-0.05, 0) is 30.7 Å². The molecule has 0 aliphatic rings. The monoisotopic (exact) mass is 300 g/mol. The lowest BCUT2D eigenvalue weighted by Gasteiger charge is -2.13. The fourth-order valence-electron chi connectivity index (χ4n) is 2.60. The Labute approximate surface area is 129 Å². The molecule has 0 amide bonds. The second-order valence-electron chi connectivity index (χ2n) is 5.05. The summed E-state index contributed by atoms with van der Waals surface area (Å²) in [6.07, 6.45) is 0. The van der Waals surface area contributed by atoms with Crippen LogP contribution in [0.25, 0.3) is 16.7 Å². The van der Waals surface area contributed by atoms with Gasteiger partial charge in [0, 0.05) is 12.7 Å². The summed E-state index contributed by atoms with van der Waals surface area (Å²) in [6, 6.07) is 14.4. The van der Waals surface area contributed by atoms with Gasteiger partial charge in [-0.15, -0.1) is 11.6 Å². The summed E-state index contributed by atoms with van der Waals surface area (Å²) in [5.41, 5.74) is 5.43. The first-order valence-corrected chi connectivity index (χ1v) is 7.39. The maximum Gasteiger partial charge on any atom is 0.129 e. The van der Waals surface area contributed by atoms with Crippen LogP contribution in [0.2, 0.25) is 0 Å². The highest BCUT2D eigenvalue weighted by molar-refractivity contribution is 6.17. The van der Waals surface area contributed by atoms with Gasteiger partial charge < -0.3 is 4.74 Å². The molecule has 108 valence electrons. The van der Waals surface area contributed by atoms with Crippen LogP contribution in [-0.4, -0.2) is 16.7 Å². The van der Waals surface area contributed by atoms with Gasteiger partial charge in [0.25, 0.3) is 0 Å². The minimum Gasteiger partial charge on any atom is -0.380 e. The van der Waals surface area contributed by atoms with E-state index in [9.17, 15) is 0 Å². The molecule has 3 rings (SSSR count). The van der Waals surface area contributed by atoms with E-state index in [1.165, 1.54) is 5.56 Å². The number of ether oxygens (including phenoxy) is 1. The van der Waals surface area contributed by atoms with Crippen molar-refractivity contribution in [3.63, 3.8) is 0 Å². The summed E-state index contributed by atoms with van der Waals surface area (Å²) in [5.74, 6) is 1.22. The lowest BCUT2D eigenvalue weighted by molar-refractivity contribution is 0.185. The topological polar surface area (TPSA) is 27.1 Å². The summed E-state index contributed by atoms with van der Waals surface area (Å²) >= 11 is 6.11. The Morgan fingerprint density at radius 1 is 1.19 bits per heavy atom. The van der Waals surface area contributed by atoms with Crippen molar-refractivity contribution in [3.8, 4) is 5.69 Å². The van der Waals surface area contributed by atoms with Crippen molar-refractivity contribution in [2.45, 2.75) is 19.4 Å². The Morgan fingerprint density at radius 2 is 2.00 bits per heavy atom. The summed E-state index contributed by atoms with van der Waals surface area (Å²) in [7, 11) is 1.70. The first-order chi connectivity index (χ1) is 10.2. The zero-order valence-corrected chi connectivity index (χ0v) is 12.9. The Morgan fingerprint density at radius 3 is 2.76 bits per heavy atom. The number of aromatic nitrogens is 2. The van der Waals surface area contributed by atoms with Crippen molar-refractivity contribution >= 4 is 22.6 Å². The second-order valence-corrected chi connectivity index (χ2v) is 5.32. The van der Waals surface area contributed by atoms with Crippen LogP contribution in [0.1, 0.15) is 17.0 Å². The summed E-state index contributed by atoms with van der Waals surface area (Å²) in [6.45, 7) is 2.64. The van der Waals surface area contributed by atoms with E-state index >= 15 is 0 Å². The van der Waals surface area contributed by atoms with Crippen LogP contribution in [0.15, 0.2) is 42.5 Å². The molecule has 3 aromatic rings. The van der Waals surface area contributed by atoms with E-state index in [0.29, 0.717) is 12.5 Å². The maximum absolute atomic E-state index is 6.11. The molecule has 0 atom stereocenters. The van der Waals surface area contributed by atoms with E-state index in [0.717, 1.165) is 28.1 Å². The van der Waals surface area contributed by atoms with Crippen LogP contribution in [0, 0.1) is 6.92 Å². The molecule has 0 N–H and O–H groups in total. The number of nitrogens with zero attached hydrogens (tertiary/aromatic N) is 2. The average Bonchev–Trinajstić information content (AvgIpc) is 2.86. The number of halogens is 1. The summed E-state index contributed by atoms with van der Waals surface area (Å²) in [4.78, 5) is 4.64. The van der Waals surface area contributed by atoms with Gasteiger partial charge in [0.15, 0.2) is 0 Å². The molecule has 1 heterocycles. The third-order valence-electron chi connectivity index (χ3n) is 3.53. The molecule has 21 heavy (non-hydrogen) atoms. The van der Waals surface area contributed by atoms with Crippen LogP contribution in [0.3, 0.4) is 0 Å². The summed E-state index contributed by atoms with van der Waals surface area (Å²) < 4.78 is 7.44. The van der Waals surface area contributed by atoms with Gasteiger partial charge >= 0.3 is 0 Å². The molecule has 4 heteroatoms. The lowest BCUT2D eigenvalue weighted by atomic mass is 10.1. The number of alkyl halides is 1. The van der Waals surface area contributed by atoms with E-state index in [1.807, 2.05) is 18.2 Å². The highest BCUT2D eigenvalue weighted by Gasteiger charge is 2.14. The van der Waals surface area contributed by atoms with Crippen molar-refractivity contribution in [1.29, 1.82) is 0 Å². The third-order valence-corrected chi connectivity index (χ3v) is 3.77. The molecule has 0 saturated carbocycles. The molecule has 0 radical (unpaired) electrons. The van der Waals surface area contributed by atoms with Gasteiger partial charge in [-0.25, -0.2) is 4.98 Å². The fraction of sp³-hybridized carbons (Fsp3) is 0.235. The molecular weight excluding hydrogens is 284 g/mol. The highest BCUT2D eigenvalue weighted by atomic mass is 35.5. The Balaban J connectivity index is 2.30. The number of para-hydroxylation sites is 1. The van der Waals surface area contributed by atoms with Crippen molar-refractivity contribution < 1.29 is 4.74 Å². The van der Waals surface area contributed by atoms with Crippen molar-refractivity contribution in [1.82, 2.24) is 9.55 Å². The highest BCUT2D eigenvalue weighted by Crippen LogP contribution is 2.26. The molecule has 0 bridgehead atoms. The number of hydrogen-bond donors (Lipinski definition) is 0. The smallest absolute Gasteiger partial charge is 0.129 e. The predicted octanol–water partition coefficient (Wildman–Crippen LogP) is 4.22. The number of benzene rings is 2. The zero-order valence-electron chi connectivity index (χ0n) is 12.1. The molecule has 0 saturated heterocycles. The number of methoxy groups -OCH3 is 1. The normalized spacial score (nSPS) is 11.2. The molecule has 1 aromatic heterocycles. The van der Waals surface area contributed by atoms with Crippen molar-refractivity contribution in [2.75, 3.05) is 7.11 Å². The van der Waals surface area contributed by atoms with Gasteiger partial charge in [-0.3, -0.25) is 4.57 Å². The number of rotatable bonds is 4. The van der Waals surface area contributed by atoms with E-state index in [4.69, 9.17) is 16.3 Å². The summed E-state index contributed by atoms with van der Waals surface area (Å²) in [5, 5.41) is 0. The molecule has 0 fully saturated rings. The zero-order chi connectivity index (χ0) is 14.8. The Kier molecular flexibility index (Phi) is 3.95. The molecular formula is C17H17ClN2O. The number of imidazole rings is 1. The maximum atomic E-state index is 6.11. The van der Waals surface area contributed by atoms with E-state index in [-0.39, 0.29) is 0 Å². The molecule has 0 aliphatic heterocycles.